The fourth-order valence-electron chi connectivity index (χ4n) is 3.17. The molecule has 1 fully saturated rings. The fourth-order valence-corrected chi connectivity index (χ4v) is 3.17. The van der Waals surface area contributed by atoms with Crippen molar-refractivity contribution in [3.63, 3.8) is 0 Å². The van der Waals surface area contributed by atoms with E-state index in [4.69, 9.17) is 0 Å². The smallest absolute Gasteiger partial charge is 0.100 e. The number of hydrogen-bond acceptors (Lipinski definition) is 0. The third-order valence-electron chi connectivity index (χ3n) is 4.60. The minimum atomic E-state index is -0.559. The average Bonchev–Trinajstić information content (AvgIpc) is 2.52. The van der Waals surface area contributed by atoms with Gasteiger partial charge < -0.3 is 0 Å². The molecule has 1 aromatic carbocycles. The summed E-state index contributed by atoms with van der Waals surface area (Å²) in [5.74, 6) is 0.573. The summed E-state index contributed by atoms with van der Waals surface area (Å²) in [6.45, 7) is 2.25. The fraction of sp³-hybridized carbons (Fsp3) is 0.600. The van der Waals surface area contributed by atoms with Crippen molar-refractivity contribution in [3.8, 4) is 0 Å². The van der Waals surface area contributed by atoms with Crippen LogP contribution in [0.25, 0.3) is 6.08 Å². The van der Waals surface area contributed by atoms with Crippen LogP contribution in [0.4, 0.5) is 4.39 Å². The highest BCUT2D eigenvalue weighted by Gasteiger charge is 2.21. The molecule has 0 aromatic heterocycles. The van der Waals surface area contributed by atoms with Gasteiger partial charge in [-0.1, -0.05) is 62.6 Å². The molecule has 2 rings (SSSR count). The average molecular weight is 288 g/mol. The van der Waals surface area contributed by atoms with Crippen LogP contribution < -0.4 is 0 Å². The molecule has 1 heteroatoms. The van der Waals surface area contributed by atoms with Gasteiger partial charge in [-0.2, -0.15) is 0 Å². The SMILES string of the molecule is CCCCCC/C=C/c1ccc(C2CCC(F)CC2)cc1. The first kappa shape index (κ1) is 16.3. The maximum atomic E-state index is 13.2. The minimum absolute atomic E-state index is 0.559. The van der Waals surface area contributed by atoms with Crippen LogP contribution in [-0.2, 0) is 0 Å². The second-order valence-electron chi connectivity index (χ2n) is 6.37. The van der Waals surface area contributed by atoms with Gasteiger partial charge in [0.15, 0.2) is 0 Å². The van der Waals surface area contributed by atoms with E-state index in [9.17, 15) is 4.39 Å². The van der Waals surface area contributed by atoms with E-state index >= 15 is 0 Å². The van der Waals surface area contributed by atoms with Crippen LogP contribution in [0.1, 0.15) is 81.8 Å². The Kier molecular flexibility index (Phi) is 6.99. The van der Waals surface area contributed by atoms with E-state index in [-0.39, 0.29) is 0 Å². The Balaban J connectivity index is 1.77. The first-order valence-corrected chi connectivity index (χ1v) is 8.70. The van der Waals surface area contributed by atoms with Crippen LogP contribution >= 0.6 is 0 Å². The Labute approximate surface area is 129 Å². The molecule has 1 aliphatic carbocycles. The van der Waals surface area contributed by atoms with Crippen molar-refractivity contribution in [1.82, 2.24) is 0 Å². The van der Waals surface area contributed by atoms with Gasteiger partial charge in [-0.25, -0.2) is 4.39 Å². The van der Waals surface area contributed by atoms with Crippen molar-refractivity contribution in [2.75, 3.05) is 0 Å². The Morgan fingerprint density at radius 2 is 1.71 bits per heavy atom. The Bertz CT molecular complexity index is 410. The summed E-state index contributed by atoms with van der Waals surface area (Å²) >= 11 is 0. The molecule has 0 radical (unpaired) electrons. The molecular formula is C20H29F. The van der Waals surface area contributed by atoms with Crippen molar-refractivity contribution < 1.29 is 4.39 Å². The van der Waals surface area contributed by atoms with E-state index in [1.165, 1.54) is 43.2 Å². The standard InChI is InChI=1S/C20H29F/c1-2-3-4-5-6-7-8-17-9-11-18(12-10-17)19-13-15-20(21)16-14-19/h7-12,19-20H,2-6,13-16H2,1H3/b8-7+. The number of rotatable bonds is 7. The summed E-state index contributed by atoms with van der Waals surface area (Å²) in [6, 6.07) is 8.89. The lowest BCUT2D eigenvalue weighted by Gasteiger charge is -2.24. The van der Waals surface area contributed by atoms with Crippen LogP contribution in [0.5, 0.6) is 0 Å². The zero-order chi connectivity index (χ0) is 14.9. The first-order chi connectivity index (χ1) is 10.3. The lowest BCUT2D eigenvalue weighted by Crippen LogP contribution is -2.13. The van der Waals surface area contributed by atoms with E-state index in [0.717, 1.165) is 25.7 Å². The van der Waals surface area contributed by atoms with Gasteiger partial charge in [0.25, 0.3) is 0 Å². The van der Waals surface area contributed by atoms with Crippen LogP contribution in [0.3, 0.4) is 0 Å². The first-order valence-electron chi connectivity index (χ1n) is 8.70. The summed E-state index contributed by atoms with van der Waals surface area (Å²) in [7, 11) is 0. The van der Waals surface area contributed by atoms with Gasteiger partial charge in [-0.15, -0.1) is 0 Å². The Hall–Kier alpha value is -1.11. The van der Waals surface area contributed by atoms with Crippen molar-refractivity contribution in [2.45, 2.75) is 76.8 Å². The highest BCUT2D eigenvalue weighted by molar-refractivity contribution is 5.49. The van der Waals surface area contributed by atoms with Gasteiger partial charge in [-0.3, -0.25) is 0 Å². The Morgan fingerprint density at radius 1 is 1.00 bits per heavy atom. The van der Waals surface area contributed by atoms with Crippen LogP contribution in [0, 0.1) is 0 Å². The quantitative estimate of drug-likeness (QED) is 0.492. The number of allylic oxidation sites excluding steroid dienone is 1. The van der Waals surface area contributed by atoms with Gasteiger partial charge in [0.2, 0.25) is 0 Å². The summed E-state index contributed by atoms with van der Waals surface area (Å²) in [5.41, 5.74) is 2.68. The van der Waals surface area contributed by atoms with Gasteiger partial charge in [-0.05, 0) is 55.6 Å². The highest BCUT2D eigenvalue weighted by atomic mass is 19.1. The summed E-state index contributed by atoms with van der Waals surface area (Å²) in [4.78, 5) is 0. The molecule has 0 aliphatic heterocycles. The predicted octanol–water partition coefficient (Wildman–Crippen LogP) is 6.67. The van der Waals surface area contributed by atoms with Crippen molar-refractivity contribution in [2.24, 2.45) is 0 Å². The molecule has 1 saturated carbocycles. The zero-order valence-corrected chi connectivity index (χ0v) is 13.4. The summed E-state index contributed by atoms with van der Waals surface area (Å²) in [5, 5.41) is 0. The number of halogens is 1. The molecular weight excluding hydrogens is 259 g/mol. The molecule has 0 bridgehead atoms. The lowest BCUT2D eigenvalue weighted by atomic mass is 9.83. The topological polar surface area (TPSA) is 0 Å². The second-order valence-corrected chi connectivity index (χ2v) is 6.37. The largest absolute Gasteiger partial charge is 0.247 e. The van der Waals surface area contributed by atoms with Crippen molar-refractivity contribution in [1.29, 1.82) is 0 Å². The molecule has 0 nitrogen and oxygen atoms in total. The number of alkyl halides is 1. The molecule has 1 aromatic rings. The third kappa shape index (κ3) is 5.65. The van der Waals surface area contributed by atoms with E-state index in [2.05, 4.69) is 43.3 Å². The Morgan fingerprint density at radius 3 is 2.38 bits per heavy atom. The highest BCUT2D eigenvalue weighted by Crippen LogP contribution is 2.34. The molecule has 21 heavy (non-hydrogen) atoms. The predicted molar refractivity (Wildman–Crippen MR) is 90.3 cm³/mol. The molecule has 116 valence electrons. The van der Waals surface area contributed by atoms with Gasteiger partial charge in [0, 0.05) is 0 Å². The number of hydrogen-bond donors (Lipinski definition) is 0. The monoisotopic (exact) mass is 288 g/mol. The maximum absolute atomic E-state index is 13.2. The van der Waals surface area contributed by atoms with Crippen molar-refractivity contribution >= 4 is 6.08 Å². The summed E-state index contributed by atoms with van der Waals surface area (Å²) < 4.78 is 13.2. The molecule has 0 amide bonds. The molecule has 0 spiro atoms. The van der Waals surface area contributed by atoms with Crippen LogP contribution in [0.15, 0.2) is 30.3 Å². The zero-order valence-electron chi connectivity index (χ0n) is 13.4. The molecule has 1 aliphatic rings. The number of unbranched alkanes of at least 4 members (excludes halogenated alkanes) is 4. The second kappa shape index (κ2) is 9.02. The van der Waals surface area contributed by atoms with Crippen LogP contribution in [-0.4, -0.2) is 6.17 Å². The van der Waals surface area contributed by atoms with Crippen LogP contribution in [0.2, 0.25) is 0 Å². The third-order valence-corrected chi connectivity index (χ3v) is 4.60. The molecule has 0 unspecified atom stereocenters. The lowest BCUT2D eigenvalue weighted by molar-refractivity contribution is 0.235. The summed E-state index contributed by atoms with van der Waals surface area (Å²) in [6.07, 6.45) is 13.9. The molecule has 0 N–H and O–H groups in total. The van der Waals surface area contributed by atoms with E-state index in [0.29, 0.717) is 5.92 Å². The number of benzene rings is 1. The maximum Gasteiger partial charge on any atom is 0.100 e. The van der Waals surface area contributed by atoms with E-state index in [1.54, 1.807) is 0 Å². The molecule has 0 heterocycles. The molecule has 0 saturated heterocycles. The van der Waals surface area contributed by atoms with E-state index < -0.39 is 6.17 Å². The van der Waals surface area contributed by atoms with Gasteiger partial charge in [0.05, 0.1) is 0 Å². The minimum Gasteiger partial charge on any atom is -0.247 e. The molecule has 0 atom stereocenters. The normalized spacial score (nSPS) is 22.8. The van der Waals surface area contributed by atoms with E-state index in [1.807, 2.05) is 0 Å². The van der Waals surface area contributed by atoms with Gasteiger partial charge >= 0.3 is 0 Å². The van der Waals surface area contributed by atoms with Gasteiger partial charge in [0.1, 0.15) is 6.17 Å². The van der Waals surface area contributed by atoms with Crippen molar-refractivity contribution in [3.05, 3.63) is 41.5 Å².